The third-order valence-electron chi connectivity index (χ3n) is 5.15. The average molecular weight is 525 g/mol. The number of rotatable bonds is 10. The van der Waals surface area contributed by atoms with Crippen LogP contribution in [0, 0.1) is 0 Å². The fraction of sp³-hybridized carbons (Fsp3) is 0.154. The number of hydrogen-bond acceptors (Lipinski definition) is 7. The number of nitrogens with one attached hydrogen (secondary N) is 2. The van der Waals surface area contributed by atoms with Crippen LogP contribution >= 0.6 is 11.8 Å². The van der Waals surface area contributed by atoms with Crippen molar-refractivity contribution in [1.29, 1.82) is 0 Å². The largest absolute Gasteiger partial charge is 0.497 e. The summed E-state index contributed by atoms with van der Waals surface area (Å²) in [4.78, 5) is 48.7. The van der Waals surface area contributed by atoms with Gasteiger partial charge in [-0.3, -0.25) is 9.59 Å². The van der Waals surface area contributed by atoms with Crippen molar-refractivity contribution in [1.82, 2.24) is 0 Å². The van der Waals surface area contributed by atoms with Crippen molar-refractivity contribution < 1.29 is 38.9 Å². The number of carboxylic acids is 2. The molecule has 0 aliphatic heterocycles. The Balaban J connectivity index is 1.65. The van der Waals surface area contributed by atoms with E-state index in [1.54, 1.807) is 49.4 Å². The van der Waals surface area contributed by atoms with Crippen LogP contribution < -0.4 is 20.1 Å². The molecule has 0 aliphatic carbocycles. The summed E-state index contributed by atoms with van der Waals surface area (Å²) in [6, 6.07) is 15.0. The van der Waals surface area contributed by atoms with Gasteiger partial charge in [-0.15, -0.1) is 11.8 Å². The van der Waals surface area contributed by atoms with Gasteiger partial charge in [0, 0.05) is 34.5 Å². The minimum absolute atomic E-state index is 0.171. The van der Waals surface area contributed by atoms with Crippen LogP contribution in [0.5, 0.6) is 11.5 Å². The van der Waals surface area contributed by atoms with E-state index in [2.05, 4.69) is 10.6 Å². The Bertz CT molecular complexity index is 1320. The van der Waals surface area contributed by atoms with Crippen LogP contribution in [0.2, 0.25) is 0 Å². The van der Waals surface area contributed by atoms with Gasteiger partial charge in [-0.25, -0.2) is 9.59 Å². The third-order valence-corrected chi connectivity index (χ3v) is 6.27. The van der Waals surface area contributed by atoms with E-state index in [-0.39, 0.29) is 17.0 Å². The number of carboxylic acid groups (broad SMARTS) is 2. The van der Waals surface area contributed by atoms with Crippen LogP contribution in [0.4, 0.5) is 11.4 Å². The zero-order chi connectivity index (χ0) is 27.1. The van der Waals surface area contributed by atoms with Gasteiger partial charge < -0.3 is 30.3 Å². The third kappa shape index (κ3) is 7.01. The molecule has 0 saturated carbocycles. The molecule has 0 radical (unpaired) electrons. The summed E-state index contributed by atoms with van der Waals surface area (Å²) in [5.74, 6) is -2.56. The summed E-state index contributed by atoms with van der Waals surface area (Å²) in [6.07, 6.45) is 0. The van der Waals surface area contributed by atoms with E-state index in [1.807, 2.05) is 0 Å². The summed E-state index contributed by atoms with van der Waals surface area (Å²) in [6.45, 7) is 1.75. The van der Waals surface area contributed by atoms with E-state index in [0.717, 1.165) is 23.1 Å². The fourth-order valence-electron chi connectivity index (χ4n) is 3.25. The van der Waals surface area contributed by atoms with Gasteiger partial charge in [0.2, 0.25) is 5.91 Å². The van der Waals surface area contributed by atoms with Gasteiger partial charge in [0.15, 0.2) is 0 Å². The van der Waals surface area contributed by atoms with Gasteiger partial charge >= 0.3 is 11.9 Å². The maximum Gasteiger partial charge on any atom is 0.336 e. The first-order valence-corrected chi connectivity index (χ1v) is 11.7. The monoisotopic (exact) mass is 524 g/mol. The maximum atomic E-state index is 12.7. The van der Waals surface area contributed by atoms with Gasteiger partial charge in [0.1, 0.15) is 11.5 Å². The Labute approximate surface area is 216 Å². The number of methoxy groups -OCH3 is 2. The molecule has 37 heavy (non-hydrogen) atoms. The first-order valence-electron chi connectivity index (χ1n) is 10.8. The van der Waals surface area contributed by atoms with E-state index in [4.69, 9.17) is 14.6 Å². The second-order valence-electron chi connectivity index (χ2n) is 7.70. The lowest BCUT2D eigenvalue weighted by Crippen LogP contribution is -2.22. The lowest BCUT2D eigenvalue weighted by Gasteiger charge is -2.14. The molecule has 0 saturated heterocycles. The van der Waals surface area contributed by atoms with Crippen molar-refractivity contribution in [2.24, 2.45) is 0 Å². The summed E-state index contributed by atoms with van der Waals surface area (Å²) in [5.41, 5.74) is 0.102. The molecule has 1 unspecified atom stereocenters. The predicted molar refractivity (Wildman–Crippen MR) is 138 cm³/mol. The molecular formula is C26H24N2O8S. The van der Waals surface area contributed by atoms with Gasteiger partial charge in [-0.1, -0.05) is 0 Å². The number of amides is 2. The highest BCUT2D eigenvalue weighted by molar-refractivity contribution is 8.00. The van der Waals surface area contributed by atoms with Gasteiger partial charge in [0.05, 0.1) is 36.2 Å². The molecule has 11 heteroatoms. The molecule has 1 atom stereocenters. The number of benzene rings is 3. The van der Waals surface area contributed by atoms with E-state index in [1.165, 1.54) is 26.0 Å². The molecule has 0 fully saturated rings. The molecule has 3 rings (SSSR count). The zero-order valence-electron chi connectivity index (χ0n) is 20.1. The summed E-state index contributed by atoms with van der Waals surface area (Å²) in [7, 11) is 3.04. The predicted octanol–water partition coefficient (Wildman–Crippen LogP) is 4.47. The molecule has 0 heterocycles. The van der Waals surface area contributed by atoms with Crippen LogP contribution in [0.15, 0.2) is 65.6 Å². The first-order chi connectivity index (χ1) is 17.6. The van der Waals surface area contributed by atoms with Gasteiger partial charge in [-0.05, 0) is 49.4 Å². The Morgan fingerprint density at radius 2 is 1.38 bits per heavy atom. The number of ether oxygens (including phenoxy) is 2. The molecular weight excluding hydrogens is 500 g/mol. The first kappa shape index (κ1) is 27.1. The Morgan fingerprint density at radius 3 is 1.92 bits per heavy atom. The van der Waals surface area contributed by atoms with Crippen molar-refractivity contribution >= 4 is 46.9 Å². The van der Waals surface area contributed by atoms with Gasteiger partial charge in [-0.2, -0.15) is 0 Å². The van der Waals surface area contributed by atoms with E-state index in [0.29, 0.717) is 22.9 Å². The van der Waals surface area contributed by atoms with Crippen molar-refractivity contribution in [3.63, 3.8) is 0 Å². The maximum absolute atomic E-state index is 12.7. The zero-order valence-corrected chi connectivity index (χ0v) is 20.9. The van der Waals surface area contributed by atoms with Crippen molar-refractivity contribution in [3.05, 3.63) is 77.4 Å². The minimum Gasteiger partial charge on any atom is -0.497 e. The molecule has 2 amide bonds. The van der Waals surface area contributed by atoms with E-state index >= 15 is 0 Å². The van der Waals surface area contributed by atoms with Crippen LogP contribution in [0.1, 0.15) is 38.0 Å². The SMILES string of the molecule is COc1cc(NC(=O)C(C)Sc2ccc(NC(=O)c3ccc(C(=O)O)cc3C(=O)O)cc2)cc(OC)c1. The highest BCUT2D eigenvalue weighted by atomic mass is 32.2. The van der Waals surface area contributed by atoms with Crippen molar-refractivity contribution in [2.75, 3.05) is 24.9 Å². The fourth-order valence-corrected chi connectivity index (χ4v) is 4.12. The van der Waals surface area contributed by atoms with Gasteiger partial charge in [0.25, 0.3) is 5.91 Å². The molecule has 0 spiro atoms. The van der Waals surface area contributed by atoms with Crippen LogP contribution in [-0.2, 0) is 4.79 Å². The molecule has 4 N–H and O–H groups in total. The number of carbonyl (C=O) groups is 4. The lowest BCUT2D eigenvalue weighted by atomic mass is 10.0. The lowest BCUT2D eigenvalue weighted by molar-refractivity contribution is -0.115. The number of carbonyl (C=O) groups excluding carboxylic acids is 2. The second kappa shape index (κ2) is 12.0. The number of hydrogen-bond donors (Lipinski definition) is 4. The molecule has 0 aliphatic rings. The highest BCUT2D eigenvalue weighted by Crippen LogP contribution is 2.29. The molecule has 192 valence electrons. The second-order valence-corrected chi connectivity index (χ2v) is 9.11. The number of thioether (sulfide) groups is 1. The van der Waals surface area contributed by atoms with Crippen molar-refractivity contribution in [2.45, 2.75) is 17.1 Å². The number of anilines is 2. The van der Waals surface area contributed by atoms with Crippen LogP contribution in [0.3, 0.4) is 0 Å². The Morgan fingerprint density at radius 1 is 0.757 bits per heavy atom. The normalized spacial score (nSPS) is 11.2. The van der Waals surface area contributed by atoms with Crippen molar-refractivity contribution in [3.8, 4) is 11.5 Å². The van der Waals surface area contributed by atoms with Crippen LogP contribution in [-0.4, -0.2) is 53.4 Å². The quantitative estimate of drug-likeness (QED) is 0.282. The van der Waals surface area contributed by atoms with E-state index in [9.17, 15) is 24.3 Å². The van der Waals surface area contributed by atoms with E-state index < -0.39 is 28.7 Å². The molecule has 0 aromatic heterocycles. The molecule has 3 aromatic carbocycles. The van der Waals surface area contributed by atoms with Crippen LogP contribution in [0.25, 0.3) is 0 Å². The summed E-state index contributed by atoms with van der Waals surface area (Å²) in [5, 5.41) is 23.4. The Hall–Kier alpha value is -4.51. The minimum atomic E-state index is -1.42. The summed E-state index contributed by atoms with van der Waals surface area (Å²) < 4.78 is 10.4. The molecule has 3 aromatic rings. The molecule has 0 bridgehead atoms. The average Bonchev–Trinajstić information content (AvgIpc) is 2.88. The number of aromatic carboxylic acids is 2. The highest BCUT2D eigenvalue weighted by Gasteiger charge is 2.20. The summed E-state index contributed by atoms with van der Waals surface area (Å²) >= 11 is 1.30. The molecule has 10 nitrogen and oxygen atoms in total. The standard InChI is InChI=1S/C26H24N2O8S/c1-14(23(29)28-17-11-18(35-2)13-19(12-17)36-3)37-20-7-5-16(6-8-20)27-24(30)21-9-4-15(25(31)32)10-22(21)26(33)34/h4-14H,1-3H3,(H,27,30)(H,28,29)(H,31,32)(H,33,34). The smallest absolute Gasteiger partial charge is 0.336 e. The Kier molecular flexibility index (Phi) is 8.75. The topological polar surface area (TPSA) is 151 Å².